The van der Waals surface area contributed by atoms with Crippen LogP contribution in [-0.4, -0.2) is 65.7 Å². The second-order valence-corrected chi connectivity index (χ2v) is 9.11. The van der Waals surface area contributed by atoms with Crippen molar-refractivity contribution < 1.29 is 13.4 Å². The van der Waals surface area contributed by atoms with E-state index in [4.69, 9.17) is 4.42 Å². The van der Waals surface area contributed by atoms with Crippen LogP contribution in [0.15, 0.2) is 50.2 Å². The molecule has 1 aliphatic rings. The normalized spacial score (nSPS) is 16.8. The maximum Gasteiger partial charge on any atom is 0.287 e. The molecule has 0 aliphatic carbocycles. The van der Waals surface area contributed by atoms with Crippen molar-refractivity contribution in [1.82, 2.24) is 15.1 Å². The number of carbonyl (C=O) groups is 1. The fourth-order valence-corrected chi connectivity index (χ4v) is 4.40. The van der Waals surface area contributed by atoms with Crippen LogP contribution in [0.5, 0.6) is 0 Å². The van der Waals surface area contributed by atoms with Crippen LogP contribution >= 0.6 is 15.9 Å². The van der Waals surface area contributed by atoms with Crippen LogP contribution < -0.4 is 5.32 Å². The molecule has 1 fully saturated rings. The van der Waals surface area contributed by atoms with Crippen LogP contribution in [0.25, 0.3) is 0 Å². The molecular formula is C20H26BrN3O3S. The molecule has 1 aliphatic heterocycles. The van der Waals surface area contributed by atoms with Gasteiger partial charge in [0, 0.05) is 48.6 Å². The van der Waals surface area contributed by atoms with Gasteiger partial charge in [-0.2, -0.15) is 0 Å². The average molecular weight is 468 g/mol. The second-order valence-electron chi connectivity index (χ2n) is 6.74. The Bertz CT molecular complexity index is 801. The highest BCUT2D eigenvalue weighted by Gasteiger charge is 2.16. The summed E-state index contributed by atoms with van der Waals surface area (Å²) in [5.41, 5.74) is 0. The Kier molecular flexibility index (Phi) is 7.84. The standard InChI is InChI=1S/C20H26BrN3O3S/c1-2-23-11-13-24(14-12-23)10-9-22-20(25)19-8-5-17(27-19)15-28(26)18-6-3-16(21)4-7-18/h3-8H,2,9-15H2,1H3,(H,22,25)/t28-/m1/s1. The van der Waals surface area contributed by atoms with Gasteiger partial charge in [-0.15, -0.1) is 0 Å². The first kappa shape index (κ1) is 21.2. The second kappa shape index (κ2) is 10.3. The summed E-state index contributed by atoms with van der Waals surface area (Å²) in [6, 6.07) is 10.7. The zero-order valence-corrected chi connectivity index (χ0v) is 18.4. The van der Waals surface area contributed by atoms with Crippen LogP contribution in [0.2, 0.25) is 0 Å². The van der Waals surface area contributed by atoms with Crippen molar-refractivity contribution in [2.75, 3.05) is 45.8 Å². The smallest absolute Gasteiger partial charge is 0.287 e. The van der Waals surface area contributed by atoms with E-state index in [0.717, 1.165) is 48.6 Å². The molecule has 2 heterocycles. The van der Waals surface area contributed by atoms with Gasteiger partial charge in [0.05, 0.1) is 16.6 Å². The maximum absolute atomic E-state index is 12.4. The molecule has 0 saturated carbocycles. The number of amides is 1. The third kappa shape index (κ3) is 6.01. The number of nitrogens with one attached hydrogen (secondary N) is 1. The molecule has 152 valence electrons. The highest BCUT2D eigenvalue weighted by molar-refractivity contribution is 9.10. The average Bonchev–Trinajstić information content (AvgIpc) is 3.17. The van der Waals surface area contributed by atoms with Gasteiger partial charge in [0.1, 0.15) is 5.76 Å². The summed E-state index contributed by atoms with van der Waals surface area (Å²) >= 11 is 3.37. The van der Waals surface area contributed by atoms with E-state index < -0.39 is 10.8 Å². The number of nitrogens with zero attached hydrogens (tertiary/aromatic N) is 2. The van der Waals surface area contributed by atoms with Gasteiger partial charge < -0.3 is 14.6 Å². The summed E-state index contributed by atoms with van der Waals surface area (Å²) < 4.78 is 19.0. The molecule has 0 unspecified atom stereocenters. The summed E-state index contributed by atoms with van der Waals surface area (Å²) in [7, 11) is -1.21. The fourth-order valence-electron chi connectivity index (χ4n) is 3.12. The lowest BCUT2D eigenvalue weighted by Crippen LogP contribution is -2.48. The molecule has 28 heavy (non-hydrogen) atoms. The summed E-state index contributed by atoms with van der Waals surface area (Å²) in [6.07, 6.45) is 0. The van der Waals surface area contributed by atoms with Gasteiger partial charge in [0.15, 0.2) is 5.76 Å². The highest BCUT2D eigenvalue weighted by Crippen LogP contribution is 2.17. The number of hydrogen-bond acceptors (Lipinski definition) is 5. The molecular weight excluding hydrogens is 442 g/mol. The Morgan fingerprint density at radius 2 is 1.79 bits per heavy atom. The van der Waals surface area contributed by atoms with Gasteiger partial charge in [-0.3, -0.25) is 13.9 Å². The van der Waals surface area contributed by atoms with Crippen molar-refractivity contribution in [2.45, 2.75) is 17.6 Å². The number of likely N-dealkylation sites (N-methyl/N-ethyl adjacent to an activating group) is 1. The number of rotatable bonds is 8. The molecule has 0 spiro atoms. The van der Waals surface area contributed by atoms with Gasteiger partial charge in [0.2, 0.25) is 0 Å². The lowest BCUT2D eigenvalue weighted by atomic mass is 10.3. The zero-order chi connectivity index (χ0) is 19.9. The largest absolute Gasteiger partial charge is 0.455 e. The third-order valence-electron chi connectivity index (χ3n) is 4.86. The number of carbonyl (C=O) groups excluding carboxylic acids is 1. The van der Waals surface area contributed by atoms with Gasteiger partial charge in [-0.25, -0.2) is 0 Å². The first-order valence-corrected chi connectivity index (χ1v) is 11.6. The molecule has 0 radical (unpaired) electrons. The Morgan fingerprint density at radius 3 is 2.46 bits per heavy atom. The number of hydrogen-bond donors (Lipinski definition) is 1. The van der Waals surface area contributed by atoms with Gasteiger partial charge in [-0.05, 0) is 42.9 Å². The maximum atomic E-state index is 12.4. The van der Waals surface area contributed by atoms with Crippen molar-refractivity contribution in [3.05, 3.63) is 52.4 Å². The quantitative estimate of drug-likeness (QED) is 0.646. The lowest BCUT2D eigenvalue weighted by molar-refractivity contribution is 0.0909. The molecule has 1 atom stereocenters. The minimum absolute atomic E-state index is 0.229. The topological polar surface area (TPSA) is 65.8 Å². The Balaban J connectivity index is 1.43. The van der Waals surface area contributed by atoms with Crippen LogP contribution in [0.4, 0.5) is 0 Å². The van der Waals surface area contributed by atoms with E-state index >= 15 is 0 Å². The van der Waals surface area contributed by atoms with E-state index in [1.165, 1.54) is 0 Å². The van der Waals surface area contributed by atoms with Crippen molar-refractivity contribution >= 4 is 32.6 Å². The molecule has 1 aromatic carbocycles. The molecule has 8 heteroatoms. The predicted octanol–water partition coefficient (Wildman–Crippen LogP) is 2.72. The van der Waals surface area contributed by atoms with Crippen molar-refractivity contribution in [3.8, 4) is 0 Å². The molecule has 1 saturated heterocycles. The SMILES string of the molecule is CCN1CCN(CCNC(=O)c2ccc(C[S@@](=O)c3ccc(Br)cc3)o2)CC1. The molecule has 0 bridgehead atoms. The van der Waals surface area contributed by atoms with Crippen LogP contribution in [0, 0.1) is 0 Å². The Hall–Kier alpha value is -1.48. The van der Waals surface area contributed by atoms with Crippen LogP contribution in [-0.2, 0) is 16.6 Å². The molecule has 6 nitrogen and oxygen atoms in total. The Labute approximate surface area is 176 Å². The van der Waals surface area contributed by atoms with Crippen molar-refractivity contribution in [2.24, 2.45) is 0 Å². The number of halogens is 1. The van der Waals surface area contributed by atoms with Gasteiger partial charge in [0.25, 0.3) is 5.91 Å². The molecule has 2 aromatic rings. The van der Waals surface area contributed by atoms with Gasteiger partial charge >= 0.3 is 0 Å². The molecule has 3 rings (SSSR count). The molecule has 1 aromatic heterocycles. The first-order valence-electron chi connectivity index (χ1n) is 9.50. The lowest BCUT2D eigenvalue weighted by Gasteiger charge is -2.33. The minimum Gasteiger partial charge on any atom is -0.455 e. The predicted molar refractivity (Wildman–Crippen MR) is 114 cm³/mol. The van der Waals surface area contributed by atoms with E-state index in [9.17, 15) is 9.00 Å². The van der Waals surface area contributed by atoms with E-state index in [1.54, 1.807) is 12.1 Å². The third-order valence-corrected chi connectivity index (χ3v) is 6.73. The highest BCUT2D eigenvalue weighted by atomic mass is 79.9. The van der Waals surface area contributed by atoms with Crippen molar-refractivity contribution in [1.29, 1.82) is 0 Å². The van der Waals surface area contributed by atoms with Crippen LogP contribution in [0.3, 0.4) is 0 Å². The minimum atomic E-state index is -1.21. The van der Waals surface area contributed by atoms with Gasteiger partial charge in [-0.1, -0.05) is 22.9 Å². The Morgan fingerprint density at radius 1 is 1.11 bits per heavy atom. The summed E-state index contributed by atoms with van der Waals surface area (Å²) in [5.74, 6) is 0.824. The van der Waals surface area contributed by atoms with Crippen LogP contribution in [0.1, 0.15) is 23.2 Å². The molecule has 1 N–H and O–H groups in total. The first-order chi connectivity index (χ1) is 13.5. The van der Waals surface area contributed by atoms with Crippen molar-refractivity contribution in [3.63, 3.8) is 0 Å². The summed E-state index contributed by atoms with van der Waals surface area (Å²) in [6.45, 7) is 8.95. The monoisotopic (exact) mass is 467 g/mol. The summed E-state index contributed by atoms with van der Waals surface area (Å²) in [5, 5.41) is 2.91. The fraction of sp³-hybridized carbons (Fsp3) is 0.450. The number of piperazine rings is 1. The van der Waals surface area contributed by atoms with E-state index in [-0.39, 0.29) is 17.4 Å². The summed E-state index contributed by atoms with van der Waals surface area (Å²) in [4.78, 5) is 17.8. The number of benzene rings is 1. The van der Waals surface area contributed by atoms with E-state index in [1.807, 2.05) is 24.3 Å². The van der Waals surface area contributed by atoms with E-state index in [2.05, 4.69) is 38.0 Å². The number of furan rings is 1. The van der Waals surface area contributed by atoms with E-state index in [0.29, 0.717) is 12.3 Å². The molecule has 1 amide bonds. The zero-order valence-electron chi connectivity index (χ0n) is 16.0.